The average molecular weight is 270 g/mol. The van der Waals surface area contributed by atoms with Crippen molar-refractivity contribution >= 4 is 17.3 Å². The molecular weight excluding hydrogens is 260 g/mol. The first kappa shape index (κ1) is 12.6. The van der Waals surface area contributed by atoms with Gasteiger partial charge in [0.1, 0.15) is 17.4 Å². The Morgan fingerprint density at radius 3 is 2.50 bits per heavy atom. The van der Waals surface area contributed by atoms with Crippen LogP contribution in [0.2, 0.25) is 5.02 Å². The molecule has 0 aliphatic heterocycles. The summed E-state index contributed by atoms with van der Waals surface area (Å²) in [5.41, 5.74) is 6.18. The lowest BCUT2D eigenvalue weighted by molar-refractivity contribution is 0.480. The molecular formula is C13H10ClF2NO. The van der Waals surface area contributed by atoms with E-state index < -0.39 is 5.82 Å². The zero-order chi connectivity index (χ0) is 13.3. The normalized spacial score (nSPS) is 10.4. The van der Waals surface area contributed by atoms with Gasteiger partial charge in [-0.15, -0.1) is 0 Å². The molecule has 2 nitrogen and oxygen atoms in total. The third-order valence-electron chi connectivity index (χ3n) is 2.41. The molecule has 0 heterocycles. The standard InChI is InChI=1S/C13H10ClF2NO/c1-7-4-8(2-3-10(7)15)18-13-5-9(14)11(16)6-12(13)17/h2-6H,17H2,1H3. The first-order valence-corrected chi connectivity index (χ1v) is 5.53. The lowest BCUT2D eigenvalue weighted by Gasteiger charge is -2.10. The van der Waals surface area contributed by atoms with Gasteiger partial charge in [0.25, 0.3) is 0 Å². The molecule has 2 rings (SSSR count). The summed E-state index contributed by atoms with van der Waals surface area (Å²) in [6.07, 6.45) is 0. The fraction of sp³-hybridized carbons (Fsp3) is 0.0769. The molecule has 0 unspecified atom stereocenters. The van der Waals surface area contributed by atoms with Gasteiger partial charge in [-0.2, -0.15) is 0 Å². The first-order valence-electron chi connectivity index (χ1n) is 5.16. The van der Waals surface area contributed by atoms with E-state index >= 15 is 0 Å². The summed E-state index contributed by atoms with van der Waals surface area (Å²) in [7, 11) is 0. The predicted octanol–water partition coefficient (Wildman–Crippen LogP) is 4.30. The number of anilines is 1. The number of hydrogen-bond acceptors (Lipinski definition) is 2. The number of nitrogen functional groups attached to an aromatic ring is 1. The molecule has 94 valence electrons. The second kappa shape index (κ2) is 4.82. The zero-order valence-corrected chi connectivity index (χ0v) is 10.3. The summed E-state index contributed by atoms with van der Waals surface area (Å²) in [5.74, 6) is -0.306. The van der Waals surface area contributed by atoms with Crippen LogP contribution in [0.15, 0.2) is 30.3 Å². The maximum Gasteiger partial charge on any atom is 0.151 e. The van der Waals surface area contributed by atoms with Crippen LogP contribution in [0, 0.1) is 18.6 Å². The van der Waals surface area contributed by atoms with E-state index in [1.807, 2.05) is 0 Å². The van der Waals surface area contributed by atoms with Gasteiger partial charge in [0, 0.05) is 12.1 Å². The van der Waals surface area contributed by atoms with E-state index in [-0.39, 0.29) is 22.3 Å². The molecule has 0 bridgehead atoms. The summed E-state index contributed by atoms with van der Waals surface area (Å²) < 4.78 is 31.6. The van der Waals surface area contributed by atoms with Crippen molar-refractivity contribution in [3.8, 4) is 11.5 Å². The molecule has 18 heavy (non-hydrogen) atoms. The second-order valence-electron chi connectivity index (χ2n) is 3.82. The van der Waals surface area contributed by atoms with Crippen LogP contribution in [0.1, 0.15) is 5.56 Å². The Bertz CT molecular complexity index is 602. The highest BCUT2D eigenvalue weighted by Gasteiger charge is 2.09. The maximum atomic E-state index is 13.1. The number of hydrogen-bond donors (Lipinski definition) is 1. The largest absolute Gasteiger partial charge is 0.455 e. The molecule has 0 saturated carbocycles. The van der Waals surface area contributed by atoms with Crippen LogP contribution in [-0.4, -0.2) is 0 Å². The minimum atomic E-state index is -0.614. The van der Waals surface area contributed by atoms with Gasteiger partial charge < -0.3 is 10.5 Å². The maximum absolute atomic E-state index is 13.1. The van der Waals surface area contributed by atoms with Crippen molar-refractivity contribution in [2.45, 2.75) is 6.92 Å². The minimum absolute atomic E-state index is 0.0852. The van der Waals surface area contributed by atoms with E-state index in [0.29, 0.717) is 11.3 Å². The Hall–Kier alpha value is -1.81. The monoisotopic (exact) mass is 269 g/mol. The van der Waals surface area contributed by atoms with Gasteiger partial charge in [0.15, 0.2) is 5.75 Å². The van der Waals surface area contributed by atoms with Crippen molar-refractivity contribution in [1.29, 1.82) is 0 Å². The molecule has 5 heteroatoms. The molecule has 0 aliphatic carbocycles. The second-order valence-corrected chi connectivity index (χ2v) is 4.22. The van der Waals surface area contributed by atoms with Crippen molar-refractivity contribution in [1.82, 2.24) is 0 Å². The van der Waals surface area contributed by atoms with Gasteiger partial charge in [-0.25, -0.2) is 8.78 Å². The highest BCUT2D eigenvalue weighted by molar-refractivity contribution is 6.31. The van der Waals surface area contributed by atoms with Gasteiger partial charge in [-0.3, -0.25) is 0 Å². The number of nitrogens with two attached hydrogens (primary N) is 1. The molecule has 0 aromatic heterocycles. The molecule has 0 fully saturated rings. The van der Waals surface area contributed by atoms with Crippen LogP contribution in [0.4, 0.5) is 14.5 Å². The van der Waals surface area contributed by atoms with Crippen molar-refractivity contribution in [2.24, 2.45) is 0 Å². The van der Waals surface area contributed by atoms with Gasteiger partial charge in [0.2, 0.25) is 0 Å². The van der Waals surface area contributed by atoms with Gasteiger partial charge in [-0.1, -0.05) is 11.6 Å². The van der Waals surface area contributed by atoms with E-state index in [4.69, 9.17) is 22.1 Å². The van der Waals surface area contributed by atoms with Gasteiger partial charge in [-0.05, 0) is 30.7 Å². The summed E-state index contributed by atoms with van der Waals surface area (Å²) in [6.45, 7) is 1.61. The van der Waals surface area contributed by atoms with Crippen molar-refractivity contribution < 1.29 is 13.5 Å². The Labute approximate surface area is 108 Å². The highest BCUT2D eigenvalue weighted by atomic mass is 35.5. The number of aryl methyl sites for hydroxylation is 1. The average Bonchev–Trinajstić information content (AvgIpc) is 2.31. The lowest BCUT2D eigenvalue weighted by Crippen LogP contribution is -1.94. The first-order chi connectivity index (χ1) is 8.47. The van der Waals surface area contributed by atoms with E-state index in [0.717, 1.165) is 6.07 Å². The molecule has 2 N–H and O–H groups in total. The molecule has 2 aromatic carbocycles. The number of rotatable bonds is 2. The van der Waals surface area contributed by atoms with Crippen LogP contribution >= 0.6 is 11.6 Å². The molecule has 0 amide bonds. The minimum Gasteiger partial charge on any atom is -0.455 e. The topological polar surface area (TPSA) is 35.2 Å². The third kappa shape index (κ3) is 2.54. The fourth-order valence-electron chi connectivity index (χ4n) is 1.44. The zero-order valence-electron chi connectivity index (χ0n) is 9.51. The third-order valence-corrected chi connectivity index (χ3v) is 2.70. The van der Waals surface area contributed by atoms with Gasteiger partial charge in [0.05, 0.1) is 10.7 Å². The Balaban J connectivity index is 2.34. The van der Waals surface area contributed by atoms with Crippen LogP contribution < -0.4 is 10.5 Å². The highest BCUT2D eigenvalue weighted by Crippen LogP contribution is 2.32. The van der Waals surface area contributed by atoms with Crippen LogP contribution in [-0.2, 0) is 0 Å². The molecule has 0 atom stereocenters. The van der Waals surface area contributed by atoms with E-state index in [1.54, 1.807) is 6.92 Å². The molecule has 0 spiro atoms. The number of benzene rings is 2. The van der Waals surface area contributed by atoms with Gasteiger partial charge >= 0.3 is 0 Å². The van der Waals surface area contributed by atoms with Crippen LogP contribution in [0.5, 0.6) is 11.5 Å². The van der Waals surface area contributed by atoms with E-state index in [2.05, 4.69) is 0 Å². The molecule has 0 radical (unpaired) electrons. The summed E-state index contributed by atoms with van der Waals surface area (Å²) in [5, 5.41) is -0.0852. The predicted molar refractivity (Wildman–Crippen MR) is 67.0 cm³/mol. The van der Waals surface area contributed by atoms with Crippen molar-refractivity contribution in [3.63, 3.8) is 0 Å². The van der Waals surface area contributed by atoms with Crippen molar-refractivity contribution in [2.75, 3.05) is 5.73 Å². The number of ether oxygens (including phenoxy) is 1. The molecule has 0 saturated heterocycles. The fourth-order valence-corrected chi connectivity index (χ4v) is 1.59. The van der Waals surface area contributed by atoms with Crippen LogP contribution in [0.25, 0.3) is 0 Å². The number of halogens is 3. The molecule has 0 aliphatic rings. The van der Waals surface area contributed by atoms with E-state index in [1.165, 1.54) is 24.3 Å². The smallest absolute Gasteiger partial charge is 0.151 e. The van der Waals surface area contributed by atoms with E-state index in [9.17, 15) is 8.78 Å². The Morgan fingerprint density at radius 2 is 1.83 bits per heavy atom. The summed E-state index contributed by atoms with van der Waals surface area (Å²) in [6, 6.07) is 6.62. The lowest BCUT2D eigenvalue weighted by atomic mass is 10.2. The summed E-state index contributed by atoms with van der Waals surface area (Å²) >= 11 is 5.64. The van der Waals surface area contributed by atoms with Crippen molar-refractivity contribution in [3.05, 3.63) is 52.6 Å². The molecule has 2 aromatic rings. The SMILES string of the molecule is Cc1cc(Oc2cc(Cl)c(F)cc2N)ccc1F. The van der Waals surface area contributed by atoms with Crippen LogP contribution in [0.3, 0.4) is 0 Å². The Morgan fingerprint density at radius 1 is 1.11 bits per heavy atom. The summed E-state index contributed by atoms with van der Waals surface area (Å²) in [4.78, 5) is 0. The Kier molecular flexibility index (Phi) is 3.39. The quantitative estimate of drug-likeness (QED) is 0.825.